The zero-order valence-corrected chi connectivity index (χ0v) is 14.6. The van der Waals surface area contributed by atoms with E-state index in [1.807, 2.05) is 0 Å². The van der Waals surface area contributed by atoms with Crippen molar-refractivity contribution in [2.45, 2.75) is 12.8 Å². The van der Waals surface area contributed by atoms with Gasteiger partial charge in [0.1, 0.15) is 11.6 Å². The number of carbonyl (C=O) groups is 2. The highest BCUT2D eigenvalue weighted by Gasteiger charge is 2.27. The quantitative estimate of drug-likeness (QED) is 0.664. The number of hydrogen-bond acceptors (Lipinski definition) is 3. The van der Waals surface area contributed by atoms with E-state index in [0.29, 0.717) is 37.1 Å². The maximum Gasteiger partial charge on any atom is 0.253 e. The fourth-order valence-corrected chi connectivity index (χ4v) is 2.93. The van der Waals surface area contributed by atoms with Crippen LogP contribution < -0.4 is 5.43 Å². The standard InChI is InChI=1S/C20H19F2N3O2/c21-17-5-1-14(2-6-17)13-23-24-19(26)15-9-11-25(12-10-15)20(27)16-3-7-18(22)8-4-16/h1-8,13,15H,9-12H2,(H,24,26)/b23-13-. The van der Waals surface area contributed by atoms with Crippen LogP contribution in [0.25, 0.3) is 0 Å². The number of carbonyl (C=O) groups excluding carboxylic acids is 2. The van der Waals surface area contributed by atoms with Crippen molar-refractivity contribution in [2.24, 2.45) is 11.0 Å². The van der Waals surface area contributed by atoms with Gasteiger partial charge in [-0.25, -0.2) is 14.2 Å². The molecule has 2 amide bonds. The molecule has 0 radical (unpaired) electrons. The third kappa shape index (κ3) is 4.97. The number of hydrogen-bond donors (Lipinski definition) is 1. The second-order valence-corrected chi connectivity index (χ2v) is 6.36. The molecular formula is C20H19F2N3O2. The lowest BCUT2D eigenvalue weighted by molar-refractivity contribution is -0.126. The Balaban J connectivity index is 1.48. The van der Waals surface area contributed by atoms with Crippen LogP contribution in [0.1, 0.15) is 28.8 Å². The monoisotopic (exact) mass is 371 g/mol. The lowest BCUT2D eigenvalue weighted by Crippen LogP contribution is -2.42. The molecule has 2 aromatic rings. The summed E-state index contributed by atoms with van der Waals surface area (Å²) in [5, 5.41) is 3.89. The first kappa shape index (κ1) is 18.7. The van der Waals surface area contributed by atoms with Crippen LogP contribution in [-0.4, -0.2) is 36.0 Å². The molecule has 2 aromatic carbocycles. The number of halogens is 2. The highest BCUT2D eigenvalue weighted by atomic mass is 19.1. The molecule has 0 atom stereocenters. The van der Waals surface area contributed by atoms with Crippen LogP contribution in [-0.2, 0) is 4.79 Å². The molecule has 0 spiro atoms. The summed E-state index contributed by atoms with van der Waals surface area (Å²) >= 11 is 0. The predicted molar refractivity (Wildman–Crippen MR) is 97.2 cm³/mol. The highest BCUT2D eigenvalue weighted by Crippen LogP contribution is 2.19. The largest absolute Gasteiger partial charge is 0.339 e. The lowest BCUT2D eigenvalue weighted by Gasteiger charge is -2.31. The van der Waals surface area contributed by atoms with E-state index in [-0.39, 0.29) is 29.4 Å². The molecule has 0 aromatic heterocycles. The highest BCUT2D eigenvalue weighted by molar-refractivity contribution is 5.94. The van der Waals surface area contributed by atoms with E-state index in [1.54, 1.807) is 17.0 Å². The Morgan fingerprint density at radius 3 is 2.11 bits per heavy atom. The van der Waals surface area contributed by atoms with Gasteiger partial charge in [-0.1, -0.05) is 12.1 Å². The molecule has 7 heteroatoms. The Morgan fingerprint density at radius 2 is 1.52 bits per heavy atom. The molecule has 0 unspecified atom stereocenters. The number of hydrazone groups is 1. The summed E-state index contributed by atoms with van der Waals surface area (Å²) in [7, 11) is 0. The number of nitrogens with one attached hydrogen (secondary N) is 1. The predicted octanol–water partition coefficient (Wildman–Crippen LogP) is 2.97. The molecular weight excluding hydrogens is 352 g/mol. The SMILES string of the molecule is O=C(N/N=C\c1ccc(F)cc1)C1CCN(C(=O)c2ccc(F)cc2)CC1. The second kappa shape index (κ2) is 8.53. The maximum atomic E-state index is 13.0. The van der Waals surface area contributed by atoms with Crippen molar-refractivity contribution >= 4 is 18.0 Å². The summed E-state index contributed by atoms with van der Waals surface area (Å²) in [5.74, 6) is -1.32. The third-order valence-corrected chi connectivity index (χ3v) is 4.50. The Bertz CT molecular complexity index is 827. The molecule has 27 heavy (non-hydrogen) atoms. The number of likely N-dealkylation sites (tertiary alicyclic amines) is 1. The van der Waals surface area contributed by atoms with Gasteiger partial charge in [-0.15, -0.1) is 0 Å². The molecule has 5 nitrogen and oxygen atoms in total. The first-order chi connectivity index (χ1) is 13.0. The van der Waals surface area contributed by atoms with Gasteiger partial charge >= 0.3 is 0 Å². The smallest absolute Gasteiger partial charge is 0.253 e. The summed E-state index contributed by atoms with van der Waals surface area (Å²) in [6.45, 7) is 0.909. The normalized spacial score (nSPS) is 15.1. The van der Waals surface area contributed by atoms with Crippen molar-refractivity contribution in [3.8, 4) is 0 Å². The summed E-state index contributed by atoms with van der Waals surface area (Å²) in [5.41, 5.74) is 3.60. The fourth-order valence-electron chi connectivity index (χ4n) is 2.93. The molecule has 0 saturated carbocycles. The summed E-state index contributed by atoms with van der Waals surface area (Å²) in [4.78, 5) is 26.3. The molecule has 0 aliphatic carbocycles. The van der Waals surface area contributed by atoms with Crippen LogP contribution in [0.2, 0.25) is 0 Å². The third-order valence-electron chi connectivity index (χ3n) is 4.50. The van der Waals surface area contributed by atoms with Gasteiger partial charge in [-0.2, -0.15) is 5.10 Å². The van der Waals surface area contributed by atoms with Gasteiger partial charge in [0.2, 0.25) is 5.91 Å². The molecule has 1 N–H and O–H groups in total. The van der Waals surface area contributed by atoms with Gasteiger partial charge in [-0.05, 0) is 54.8 Å². The maximum absolute atomic E-state index is 13.0. The minimum atomic E-state index is -0.386. The van der Waals surface area contributed by atoms with Crippen molar-refractivity contribution in [1.29, 1.82) is 0 Å². The topological polar surface area (TPSA) is 61.8 Å². The zero-order valence-electron chi connectivity index (χ0n) is 14.6. The molecule has 1 fully saturated rings. The summed E-state index contributed by atoms with van der Waals surface area (Å²) in [6, 6.07) is 11.2. The molecule has 1 aliphatic rings. The summed E-state index contributed by atoms with van der Waals surface area (Å²) < 4.78 is 25.8. The molecule has 3 rings (SSSR count). The van der Waals surface area contributed by atoms with Gasteiger partial charge in [0, 0.05) is 24.6 Å². The van der Waals surface area contributed by atoms with Crippen molar-refractivity contribution in [2.75, 3.05) is 13.1 Å². The van der Waals surface area contributed by atoms with E-state index in [2.05, 4.69) is 10.5 Å². The Hall–Kier alpha value is -3.09. The zero-order chi connectivity index (χ0) is 19.2. The fraction of sp³-hybridized carbons (Fsp3) is 0.250. The van der Waals surface area contributed by atoms with Crippen LogP contribution in [0.3, 0.4) is 0 Å². The van der Waals surface area contributed by atoms with Crippen LogP contribution in [0.4, 0.5) is 8.78 Å². The van der Waals surface area contributed by atoms with Crippen LogP contribution >= 0.6 is 0 Å². The molecule has 1 heterocycles. The van der Waals surface area contributed by atoms with Crippen molar-refractivity contribution in [3.05, 3.63) is 71.3 Å². The van der Waals surface area contributed by atoms with E-state index in [9.17, 15) is 18.4 Å². The number of nitrogens with zero attached hydrogens (tertiary/aromatic N) is 2. The van der Waals surface area contributed by atoms with E-state index in [1.165, 1.54) is 42.6 Å². The first-order valence-electron chi connectivity index (χ1n) is 8.66. The van der Waals surface area contributed by atoms with Crippen LogP contribution in [0.15, 0.2) is 53.6 Å². The second-order valence-electron chi connectivity index (χ2n) is 6.36. The summed E-state index contributed by atoms with van der Waals surface area (Å²) in [6.07, 6.45) is 2.51. The minimum Gasteiger partial charge on any atom is -0.339 e. The van der Waals surface area contributed by atoms with E-state index < -0.39 is 0 Å². The van der Waals surface area contributed by atoms with Crippen molar-refractivity contribution < 1.29 is 18.4 Å². The van der Waals surface area contributed by atoms with Gasteiger partial charge < -0.3 is 4.90 Å². The number of amides is 2. The van der Waals surface area contributed by atoms with Gasteiger partial charge in [0.05, 0.1) is 6.21 Å². The minimum absolute atomic E-state index is 0.164. The van der Waals surface area contributed by atoms with Crippen molar-refractivity contribution in [1.82, 2.24) is 10.3 Å². The van der Waals surface area contributed by atoms with Gasteiger partial charge in [0.25, 0.3) is 5.91 Å². The molecule has 1 saturated heterocycles. The number of benzene rings is 2. The number of rotatable bonds is 4. The van der Waals surface area contributed by atoms with E-state index in [0.717, 1.165) is 0 Å². The van der Waals surface area contributed by atoms with Gasteiger partial charge in [0.15, 0.2) is 0 Å². The first-order valence-corrected chi connectivity index (χ1v) is 8.66. The Labute approximate surface area is 155 Å². The lowest BCUT2D eigenvalue weighted by atomic mass is 9.95. The van der Waals surface area contributed by atoms with Crippen LogP contribution in [0, 0.1) is 17.6 Å². The molecule has 0 bridgehead atoms. The average Bonchev–Trinajstić information content (AvgIpc) is 2.69. The van der Waals surface area contributed by atoms with Gasteiger partial charge in [-0.3, -0.25) is 9.59 Å². The average molecular weight is 371 g/mol. The Morgan fingerprint density at radius 1 is 0.963 bits per heavy atom. The Kier molecular flexibility index (Phi) is 5.90. The van der Waals surface area contributed by atoms with E-state index >= 15 is 0 Å². The molecule has 1 aliphatic heterocycles. The van der Waals surface area contributed by atoms with Crippen LogP contribution in [0.5, 0.6) is 0 Å². The number of piperidine rings is 1. The van der Waals surface area contributed by atoms with Crippen molar-refractivity contribution in [3.63, 3.8) is 0 Å². The van der Waals surface area contributed by atoms with E-state index in [4.69, 9.17) is 0 Å². The molecule has 140 valence electrons.